The molecule has 0 aliphatic heterocycles. The fourth-order valence-corrected chi connectivity index (χ4v) is 2.29. The number of aromatic hydroxyl groups is 2. The second kappa shape index (κ2) is 6.19. The molecule has 0 aliphatic carbocycles. The van der Waals surface area contributed by atoms with E-state index in [1.54, 1.807) is 12.1 Å². The van der Waals surface area contributed by atoms with Crippen molar-refractivity contribution >= 4 is 28.1 Å². The number of hydrogen-bond donors (Lipinski definition) is 3. The number of phenols is 2. The lowest BCUT2D eigenvalue weighted by Gasteiger charge is -2.21. The van der Waals surface area contributed by atoms with E-state index in [2.05, 4.69) is 20.9 Å². The van der Waals surface area contributed by atoms with Crippen LogP contribution in [-0.2, 0) is 10.3 Å². The summed E-state index contributed by atoms with van der Waals surface area (Å²) in [6, 6.07) is 11.1. The summed E-state index contributed by atoms with van der Waals surface area (Å²) in [7, 11) is 0. The smallest absolute Gasteiger partial charge is 0.335 e. The Morgan fingerprint density at radius 3 is 2.50 bits per heavy atom. The zero-order valence-corrected chi connectivity index (χ0v) is 13.3. The number of aliphatic carboxylic acids is 1. The lowest BCUT2D eigenvalue weighted by molar-refractivity contribution is -0.142. The fraction of sp³-hybridized carbons (Fsp3) is 0.125. The number of carboxylic acid groups (broad SMARTS) is 1. The Kier molecular flexibility index (Phi) is 4.51. The fourth-order valence-electron chi connectivity index (χ4n) is 1.87. The zero-order valence-electron chi connectivity index (χ0n) is 11.7. The van der Waals surface area contributed by atoms with Crippen LogP contribution in [0.2, 0.25) is 0 Å². The van der Waals surface area contributed by atoms with Crippen LogP contribution >= 0.6 is 15.9 Å². The average molecular weight is 364 g/mol. The normalized spacial score (nSPS) is 13.9. The summed E-state index contributed by atoms with van der Waals surface area (Å²) in [5, 5.41) is 28.4. The molecule has 0 radical (unpaired) electrons. The Morgan fingerprint density at radius 1 is 1.18 bits per heavy atom. The Labute approximate surface area is 135 Å². The minimum absolute atomic E-state index is 0.265. The van der Waals surface area contributed by atoms with Gasteiger partial charge in [0.15, 0.2) is 17.0 Å². The molecule has 0 saturated heterocycles. The summed E-state index contributed by atoms with van der Waals surface area (Å²) in [4.78, 5) is 15.8. The van der Waals surface area contributed by atoms with Crippen molar-refractivity contribution in [2.75, 3.05) is 0 Å². The maximum absolute atomic E-state index is 11.6. The van der Waals surface area contributed by atoms with Gasteiger partial charge in [0.25, 0.3) is 0 Å². The van der Waals surface area contributed by atoms with Gasteiger partial charge in [-0.05, 0) is 42.3 Å². The van der Waals surface area contributed by atoms with Gasteiger partial charge in [-0.15, -0.1) is 0 Å². The van der Waals surface area contributed by atoms with E-state index in [1.807, 2.05) is 12.1 Å². The molecule has 3 N–H and O–H groups in total. The van der Waals surface area contributed by atoms with E-state index in [4.69, 9.17) is 0 Å². The van der Waals surface area contributed by atoms with Crippen LogP contribution in [0.5, 0.6) is 11.5 Å². The molecule has 22 heavy (non-hydrogen) atoms. The molecule has 2 aromatic carbocycles. The maximum Gasteiger partial charge on any atom is 0.335 e. The highest BCUT2D eigenvalue weighted by Crippen LogP contribution is 2.33. The molecule has 0 bridgehead atoms. The molecular formula is C16H14BrNO4. The highest BCUT2D eigenvalue weighted by atomic mass is 79.9. The summed E-state index contributed by atoms with van der Waals surface area (Å²) < 4.78 is 0.857. The summed E-state index contributed by atoms with van der Waals surface area (Å²) >= 11 is 3.34. The van der Waals surface area contributed by atoms with E-state index in [9.17, 15) is 20.1 Å². The molecule has 0 aliphatic rings. The number of carboxylic acids is 1. The van der Waals surface area contributed by atoms with Crippen molar-refractivity contribution in [2.45, 2.75) is 12.5 Å². The van der Waals surface area contributed by atoms with Crippen LogP contribution in [0.4, 0.5) is 0 Å². The number of aliphatic imine (C=N–C) groups is 1. The number of phenolic OH excluding ortho intramolecular Hbond substituents is 2. The van der Waals surface area contributed by atoms with Crippen LogP contribution in [0, 0.1) is 0 Å². The van der Waals surface area contributed by atoms with Gasteiger partial charge in [-0.1, -0.05) is 34.1 Å². The molecular weight excluding hydrogens is 350 g/mol. The van der Waals surface area contributed by atoms with Gasteiger partial charge in [-0.2, -0.15) is 0 Å². The Balaban J connectivity index is 2.44. The number of rotatable bonds is 4. The standard InChI is InChI=1S/C16H14BrNO4/c1-16(15(21)22,11-5-6-13(19)14(20)8-11)18-9-10-3-2-4-12(17)7-10/h2-9,19-20H,1H3,(H,21,22)/b18-9+. The first-order valence-electron chi connectivity index (χ1n) is 6.39. The summed E-state index contributed by atoms with van der Waals surface area (Å²) in [5.74, 6) is -1.86. The monoisotopic (exact) mass is 363 g/mol. The van der Waals surface area contributed by atoms with Crippen LogP contribution in [0.3, 0.4) is 0 Å². The molecule has 2 aromatic rings. The highest BCUT2D eigenvalue weighted by molar-refractivity contribution is 9.10. The van der Waals surface area contributed by atoms with E-state index in [0.29, 0.717) is 0 Å². The lowest BCUT2D eigenvalue weighted by atomic mass is 9.92. The van der Waals surface area contributed by atoms with Crippen molar-refractivity contribution in [3.8, 4) is 11.5 Å². The number of halogens is 1. The zero-order chi connectivity index (χ0) is 16.3. The first kappa shape index (κ1) is 16.0. The van der Waals surface area contributed by atoms with Gasteiger partial charge in [-0.3, -0.25) is 4.99 Å². The van der Waals surface area contributed by atoms with Gasteiger partial charge < -0.3 is 15.3 Å². The van der Waals surface area contributed by atoms with Crippen LogP contribution in [0.25, 0.3) is 0 Å². The van der Waals surface area contributed by atoms with E-state index in [-0.39, 0.29) is 17.1 Å². The largest absolute Gasteiger partial charge is 0.504 e. The van der Waals surface area contributed by atoms with Crippen molar-refractivity contribution in [1.82, 2.24) is 0 Å². The van der Waals surface area contributed by atoms with E-state index in [1.165, 1.54) is 31.3 Å². The Morgan fingerprint density at radius 2 is 1.91 bits per heavy atom. The topological polar surface area (TPSA) is 90.1 Å². The SMILES string of the molecule is CC(/N=C/c1cccc(Br)c1)(C(=O)O)c1ccc(O)c(O)c1. The molecule has 0 aromatic heterocycles. The van der Waals surface area contributed by atoms with E-state index >= 15 is 0 Å². The highest BCUT2D eigenvalue weighted by Gasteiger charge is 2.34. The second-order valence-corrected chi connectivity index (χ2v) is 5.81. The molecule has 2 rings (SSSR count). The molecule has 6 heteroatoms. The third-order valence-corrected chi connectivity index (χ3v) is 3.77. The molecule has 0 fully saturated rings. The van der Waals surface area contributed by atoms with Crippen molar-refractivity contribution < 1.29 is 20.1 Å². The van der Waals surface area contributed by atoms with E-state index < -0.39 is 11.5 Å². The first-order chi connectivity index (χ1) is 10.3. The Hall–Kier alpha value is -2.34. The lowest BCUT2D eigenvalue weighted by Crippen LogP contribution is -2.30. The minimum atomic E-state index is -1.58. The summed E-state index contributed by atoms with van der Waals surface area (Å²) in [6.45, 7) is 1.43. The third-order valence-electron chi connectivity index (χ3n) is 3.27. The van der Waals surface area contributed by atoms with Gasteiger partial charge in [0.1, 0.15) is 0 Å². The van der Waals surface area contributed by atoms with Crippen molar-refractivity contribution in [3.05, 3.63) is 58.1 Å². The number of carbonyl (C=O) groups is 1. The molecule has 0 amide bonds. The number of hydrogen-bond acceptors (Lipinski definition) is 4. The average Bonchev–Trinajstić information content (AvgIpc) is 2.47. The van der Waals surface area contributed by atoms with Gasteiger partial charge in [-0.25, -0.2) is 4.79 Å². The third kappa shape index (κ3) is 3.28. The molecule has 1 atom stereocenters. The van der Waals surface area contributed by atoms with Crippen LogP contribution in [0.15, 0.2) is 51.9 Å². The van der Waals surface area contributed by atoms with Crippen molar-refractivity contribution in [1.29, 1.82) is 0 Å². The van der Waals surface area contributed by atoms with Crippen LogP contribution < -0.4 is 0 Å². The molecule has 5 nitrogen and oxygen atoms in total. The summed E-state index contributed by atoms with van der Waals surface area (Å²) in [5.41, 5.74) is -0.570. The van der Waals surface area contributed by atoms with Crippen molar-refractivity contribution in [2.24, 2.45) is 4.99 Å². The quantitative estimate of drug-likeness (QED) is 0.574. The van der Waals surface area contributed by atoms with Gasteiger partial charge in [0, 0.05) is 10.7 Å². The maximum atomic E-state index is 11.6. The summed E-state index contributed by atoms with van der Waals surface area (Å²) in [6.07, 6.45) is 1.46. The second-order valence-electron chi connectivity index (χ2n) is 4.89. The first-order valence-corrected chi connectivity index (χ1v) is 7.19. The number of nitrogens with zero attached hydrogens (tertiary/aromatic N) is 1. The van der Waals surface area contributed by atoms with Gasteiger partial charge in [0.05, 0.1) is 0 Å². The van der Waals surface area contributed by atoms with Gasteiger partial charge >= 0.3 is 5.97 Å². The molecule has 0 saturated carbocycles. The van der Waals surface area contributed by atoms with Gasteiger partial charge in [0.2, 0.25) is 0 Å². The Bertz CT molecular complexity index is 745. The predicted octanol–water partition coefficient (Wildman–Crippen LogP) is 3.28. The number of benzene rings is 2. The molecule has 114 valence electrons. The van der Waals surface area contributed by atoms with E-state index in [0.717, 1.165) is 10.0 Å². The van der Waals surface area contributed by atoms with Crippen molar-refractivity contribution in [3.63, 3.8) is 0 Å². The van der Waals surface area contributed by atoms with Crippen LogP contribution in [0.1, 0.15) is 18.1 Å². The minimum Gasteiger partial charge on any atom is -0.504 e. The predicted molar refractivity (Wildman–Crippen MR) is 86.5 cm³/mol. The molecule has 0 spiro atoms. The van der Waals surface area contributed by atoms with Crippen LogP contribution in [-0.4, -0.2) is 27.5 Å². The molecule has 0 heterocycles. The molecule has 1 unspecified atom stereocenters.